The van der Waals surface area contributed by atoms with E-state index in [1.807, 2.05) is 0 Å². The van der Waals surface area contributed by atoms with Gasteiger partial charge in [0.25, 0.3) is 0 Å². The summed E-state index contributed by atoms with van der Waals surface area (Å²) in [7, 11) is 0. The van der Waals surface area contributed by atoms with Crippen molar-refractivity contribution in [1.82, 2.24) is 10.2 Å². The van der Waals surface area contributed by atoms with Crippen molar-refractivity contribution in [3.63, 3.8) is 0 Å². The van der Waals surface area contributed by atoms with Crippen molar-refractivity contribution in [3.05, 3.63) is 0 Å². The van der Waals surface area contributed by atoms with Crippen molar-refractivity contribution < 1.29 is 4.79 Å². The molecule has 1 N–H and O–H groups in total. The molecule has 1 saturated carbocycles. The van der Waals surface area contributed by atoms with E-state index in [-0.39, 0.29) is 0 Å². The summed E-state index contributed by atoms with van der Waals surface area (Å²) in [4.78, 5) is 14.0. The molecule has 1 unspecified atom stereocenters. The van der Waals surface area contributed by atoms with E-state index in [2.05, 4.69) is 10.2 Å². The molecule has 3 heteroatoms. The number of hydrogen-bond donors (Lipinski definition) is 1. The minimum absolute atomic E-state index is 0.403. The maximum Gasteiger partial charge on any atom is 0.225 e. The van der Waals surface area contributed by atoms with Gasteiger partial charge in [-0.3, -0.25) is 4.79 Å². The number of nitrogens with one attached hydrogen (secondary N) is 1. The number of piperidine rings is 2. The number of hydrogen-bond acceptors (Lipinski definition) is 2. The molecule has 4 rings (SSSR count). The van der Waals surface area contributed by atoms with Gasteiger partial charge in [-0.2, -0.15) is 0 Å². The zero-order valence-electron chi connectivity index (χ0n) is 9.24. The third kappa shape index (κ3) is 1.78. The summed E-state index contributed by atoms with van der Waals surface area (Å²) in [5.41, 5.74) is 0. The van der Waals surface area contributed by atoms with Gasteiger partial charge in [-0.15, -0.1) is 0 Å². The van der Waals surface area contributed by atoms with Gasteiger partial charge in [0.15, 0.2) is 0 Å². The van der Waals surface area contributed by atoms with Crippen molar-refractivity contribution in [2.24, 2.45) is 11.8 Å². The number of fused-ring (bicyclic) bond motifs is 2. The highest BCUT2D eigenvalue weighted by Gasteiger charge is 2.43. The molecule has 1 amide bonds. The normalized spacial score (nSPS) is 39.3. The maximum atomic E-state index is 11.9. The zero-order chi connectivity index (χ0) is 10.3. The summed E-state index contributed by atoms with van der Waals surface area (Å²) >= 11 is 0. The zero-order valence-corrected chi connectivity index (χ0v) is 9.24. The summed E-state index contributed by atoms with van der Waals surface area (Å²) < 4.78 is 0. The largest absolute Gasteiger partial charge is 0.342 e. The van der Waals surface area contributed by atoms with Gasteiger partial charge in [-0.1, -0.05) is 0 Å². The molecular weight excluding hydrogens is 188 g/mol. The Bertz CT molecular complexity index is 254. The van der Waals surface area contributed by atoms with Crippen LogP contribution >= 0.6 is 0 Å². The summed E-state index contributed by atoms with van der Waals surface area (Å²) in [6, 6.07) is 0.677. The van der Waals surface area contributed by atoms with Gasteiger partial charge in [0.2, 0.25) is 5.91 Å². The monoisotopic (exact) mass is 208 g/mol. The summed E-state index contributed by atoms with van der Waals surface area (Å²) in [5.74, 6) is 1.68. The second-order valence-electron chi connectivity index (χ2n) is 5.40. The molecule has 15 heavy (non-hydrogen) atoms. The molecule has 3 saturated heterocycles. The van der Waals surface area contributed by atoms with Crippen molar-refractivity contribution >= 4 is 5.91 Å². The smallest absolute Gasteiger partial charge is 0.225 e. The van der Waals surface area contributed by atoms with Crippen LogP contribution in [0, 0.1) is 11.8 Å². The molecule has 2 bridgehead atoms. The van der Waals surface area contributed by atoms with Crippen LogP contribution in [0.3, 0.4) is 0 Å². The Kier molecular flexibility index (Phi) is 2.43. The van der Waals surface area contributed by atoms with Crippen molar-refractivity contribution in [2.75, 3.05) is 19.6 Å². The van der Waals surface area contributed by atoms with Gasteiger partial charge >= 0.3 is 0 Å². The fraction of sp³-hybridized carbons (Fsp3) is 0.917. The number of carbonyl (C=O) groups is 1. The van der Waals surface area contributed by atoms with Gasteiger partial charge in [0.1, 0.15) is 0 Å². The van der Waals surface area contributed by atoms with E-state index >= 15 is 0 Å². The molecular formula is C12H20N2O. The van der Waals surface area contributed by atoms with E-state index in [1.54, 1.807) is 0 Å². The predicted molar refractivity (Wildman–Crippen MR) is 58.4 cm³/mol. The molecule has 3 aliphatic heterocycles. The van der Waals surface area contributed by atoms with Crippen LogP contribution in [-0.2, 0) is 4.79 Å². The Morgan fingerprint density at radius 2 is 2.27 bits per heavy atom. The standard InChI is InChI=1S/C12H20N2O/c15-12-10-6-9(7-10)8-14(12)5-3-11-2-1-4-13-11/h9-11,13H,1-8H2. The molecule has 84 valence electrons. The molecule has 1 atom stereocenters. The summed E-state index contributed by atoms with van der Waals surface area (Å²) in [6.07, 6.45) is 6.12. The lowest BCUT2D eigenvalue weighted by Gasteiger charge is -2.46. The molecule has 4 aliphatic rings. The van der Waals surface area contributed by atoms with Gasteiger partial charge < -0.3 is 10.2 Å². The molecule has 0 spiro atoms. The van der Waals surface area contributed by atoms with Crippen LogP contribution in [0.4, 0.5) is 0 Å². The lowest BCUT2D eigenvalue weighted by molar-refractivity contribution is -0.149. The number of amides is 1. The molecule has 4 fully saturated rings. The first-order valence-electron chi connectivity index (χ1n) is 6.35. The third-order valence-electron chi connectivity index (χ3n) is 4.29. The van der Waals surface area contributed by atoms with Gasteiger partial charge in [0, 0.05) is 25.0 Å². The average molecular weight is 208 g/mol. The predicted octanol–water partition coefficient (Wildman–Crippen LogP) is 0.997. The number of carbonyl (C=O) groups excluding carboxylic acids is 1. The Morgan fingerprint density at radius 3 is 2.93 bits per heavy atom. The van der Waals surface area contributed by atoms with E-state index in [0.29, 0.717) is 17.9 Å². The second-order valence-corrected chi connectivity index (χ2v) is 5.40. The highest BCUT2D eigenvalue weighted by atomic mass is 16.2. The highest BCUT2D eigenvalue weighted by molar-refractivity contribution is 5.81. The Balaban J connectivity index is 1.48. The second kappa shape index (κ2) is 3.78. The lowest BCUT2D eigenvalue weighted by atomic mass is 9.70. The Morgan fingerprint density at radius 1 is 1.40 bits per heavy atom. The van der Waals surface area contributed by atoms with Crippen molar-refractivity contribution in [2.45, 2.75) is 38.1 Å². The summed E-state index contributed by atoms with van der Waals surface area (Å²) in [6.45, 7) is 3.20. The lowest BCUT2D eigenvalue weighted by Crippen LogP contribution is -2.53. The van der Waals surface area contributed by atoms with Gasteiger partial charge in [-0.05, 0) is 44.6 Å². The van der Waals surface area contributed by atoms with Gasteiger partial charge in [0.05, 0.1) is 0 Å². The van der Waals surface area contributed by atoms with E-state index in [4.69, 9.17) is 0 Å². The SMILES string of the molecule is O=C1C2CC(C2)CN1CCC1CCCN1. The first-order chi connectivity index (χ1) is 7.33. The average Bonchev–Trinajstić information content (AvgIpc) is 2.66. The van der Waals surface area contributed by atoms with Crippen LogP contribution in [0.1, 0.15) is 32.1 Å². The third-order valence-corrected chi connectivity index (χ3v) is 4.29. The fourth-order valence-corrected chi connectivity index (χ4v) is 3.26. The van der Waals surface area contributed by atoms with E-state index in [1.165, 1.54) is 32.2 Å². The molecule has 0 aromatic heterocycles. The van der Waals surface area contributed by atoms with E-state index in [9.17, 15) is 4.79 Å². The van der Waals surface area contributed by atoms with Crippen LogP contribution < -0.4 is 5.32 Å². The quantitative estimate of drug-likeness (QED) is 0.750. The van der Waals surface area contributed by atoms with Crippen molar-refractivity contribution in [1.29, 1.82) is 0 Å². The van der Waals surface area contributed by atoms with Crippen LogP contribution in [0.2, 0.25) is 0 Å². The van der Waals surface area contributed by atoms with Crippen LogP contribution in [0.5, 0.6) is 0 Å². The molecule has 0 aromatic rings. The first kappa shape index (κ1) is 9.64. The first-order valence-corrected chi connectivity index (χ1v) is 6.35. The Hall–Kier alpha value is -0.570. The maximum absolute atomic E-state index is 11.9. The molecule has 1 aliphatic carbocycles. The van der Waals surface area contributed by atoms with Crippen LogP contribution in [-0.4, -0.2) is 36.5 Å². The topological polar surface area (TPSA) is 32.3 Å². The van der Waals surface area contributed by atoms with E-state index < -0.39 is 0 Å². The van der Waals surface area contributed by atoms with Crippen LogP contribution in [0.15, 0.2) is 0 Å². The molecule has 3 nitrogen and oxygen atoms in total. The Labute approximate surface area is 91.2 Å². The van der Waals surface area contributed by atoms with Crippen molar-refractivity contribution in [3.8, 4) is 0 Å². The fourth-order valence-electron chi connectivity index (χ4n) is 3.26. The van der Waals surface area contributed by atoms with Crippen LogP contribution in [0.25, 0.3) is 0 Å². The summed E-state index contributed by atoms with van der Waals surface area (Å²) in [5, 5.41) is 3.50. The van der Waals surface area contributed by atoms with Gasteiger partial charge in [-0.25, -0.2) is 0 Å². The molecule has 0 aromatic carbocycles. The number of nitrogens with zero attached hydrogens (tertiary/aromatic N) is 1. The number of rotatable bonds is 3. The van der Waals surface area contributed by atoms with E-state index in [0.717, 1.165) is 25.4 Å². The molecule has 3 heterocycles. The minimum Gasteiger partial charge on any atom is -0.342 e. The highest BCUT2D eigenvalue weighted by Crippen LogP contribution is 2.40. The molecule has 0 radical (unpaired) electrons. The minimum atomic E-state index is 0.403.